The normalized spacial score (nSPS) is 29.3. The predicted molar refractivity (Wildman–Crippen MR) is 37.1 cm³/mol. The van der Waals surface area contributed by atoms with Crippen molar-refractivity contribution in [1.82, 2.24) is 0 Å². The Morgan fingerprint density at radius 1 is 0.556 bits per heavy atom. The summed E-state index contributed by atoms with van der Waals surface area (Å²) in [6.45, 7) is 0. The minimum Gasteiger partial charge on any atom is -0.0451 e. The maximum absolute atomic E-state index is 1.77. The summed E-state index contributed by atoms with van der Waals surface area (Å²) in [5, 5.41) is 0. The number of rotatable bonds is 0. The zero-order valence-electron chi connectivity index (χ0n) is 5.54. The van der Waals surface area contributed by atoms with Crippen LogP contribution in [-0.4, -0.2) is 0 Å². The second-order valence-electron chi connectivity index (χ2n) is 3.27. The van der Waals surface area contributed by atoms with Gasteiger partial charge in [-0.3, -0.25) is 0 Å². The van der Waals surface area contributed by atoms with Gasteiger partial charge >= 0.3 is 0 Å². The van der Waals surface area contributed by atoms with Gasteiger partial charge in [0.1, 0.15) is 0 Å². The van der Waals surface area contributed by atoms with E-state index in [9.17, 15) is 0 Å². The van der Waals surface area contributed by atoms with Crippen molar-refractivity contribution in [3.05, 3.63) is 22.3 Å². The first kappa shape index (κ1) is 4.32. The van der Waals surface area contributed by atoms with Crippen molar-refractivity contribution < 1.29 is 0 Å². The van der Waals surface area contributed by atoms with Crippen LogP contribution < -0.4 is 0 Å². The average molecular weight is 118 g/mol. The zero-order valence-corrected chi connectivity index (χ0v) is 5.54. The molecular formula is C9H10. The molecule has 0 aromatic rings. The predicted octanol–water partition coefficient (Wildman–Crippen LogP) is 2.57. The van der Waals surface area contributed by atoms with Crippen LogP contribution in [0.15, 0.2) is 22.3 Å². The molecule has 5 rings (SSSR count). The Labute approximate surface area is 55.3 Å². The first-order valence-electron chi connectivity index (χ1n) is 3.91. The van der Waals surface area contributed by atoms with Crippen LogP contribution in [0.2, 0.25) is 0 Å². The van der Waals surface area contributed by atoms with Crippen LogP contribution in [0.25, 0.3) is 0 Å². The van der Waals surface area contributed by atoms with Gasteiger partial charge < -0.3 is 0 Å². The molecule has 0 amide bonds. The molecule has 0 N–H and O–H groups in total. The van der Waals surface area contributed by atoms with Crippen molar-refractivity contribution in [2.24, 2.45) is 0 Å². The van der Waals surface area contributed by atoms with Gasteiger partial charge in [-0.15, -0.1) is 0 Å². The van der Waals surface area contributed by atoms with Crippen molar-refractivity contribution in [3.8, 4) is 0 Å². The summed E-state index contributed by atoms with van der Waals surface area (Å²) in [5.41, 5.74) is 7.10. The maximum Gasteiger partial charge on any atom is -0.0232 e. The van der Waals surface area contributed by atoms with Gasteiger partial charge in [0.05, 0.1) is 0 Å². The Morgan fingerprint density at radius 3 is 1.44 bits per heavy atom. The fraction of sp³-hybridized carbons (Fsp3) is 0.556. The number of hydrogen-bond acceptors (Lipinski definition) is 0. The highest BCUT2D eigenvalue weighted by Gasteiger charge is 2.36. The summed E-state index contributed by atoms with van der Waals surface area (Å²) in [5.74, 6) is 0. The third kappa shape index (κ3) is 0.320. The van der Waals surface area contributed by atoms with E-state index in [0.29, 0.717) is 0 Å². The van der Waals surface area contributed by atoms with E-state index in [1.807, 2.05) is 0 Å². The summed E-state index contributed by atoms with van der Waals surface area (Å²) in [6, 6.07) is 0. The third-order valence-electron chi connectivity index (χ3n) is 2.94. The first-order chi connectivity index (χ1) is 4.47. The topological polar surface area (TPSA) is 0 Å². The van der Waals surface area contributed by atoms with Crippen LogP contribution in [0.5, 0.6) is 0 Å². The second-order valence-corrected chi connectivity index (χ2v) is 3.27. The summed E-state index contributed by atoms with van der Waals surface area (Å²) >= 11 is 0. The van der Waals surface area contributed by atoms with Gasteiger partial charge in [-0.05, 0) is 54.4 Å². The summed E-state index contributed by atoms with van der Waals surface area (Å²) in [4.78, 5) is 0. The Kier molecular flexibility index (Phi) is 0.555. The second kappa shape index (κ2) is 1.16. The van der Waals surface area contributed by atoms with E-state index in [4.69, 9.17) is 0 Å². The molecule has 0 heterocycles. The minimum absolute atomic E-state index is 1.40. The fourth-order valence-corrected chi connectivity index (χ4v) is 2.57. The fourth-order valence-electron chi connectivity index (χ4n) is 2.57. The quantitative estimate of drug-likeness (QED) is 0.458. The van der Waals surface area contributed by atoms with E-state index < -0.39 is 0 Å². The van der Waals surface area contributed by atoms with Crippen molar-refractivity contribution >= 4 is 0 Å². The number of fused-ring (bicyclic) bond motifs is 3. The highest BCUT2D eigenvalue weighted by atomic mass is 14.4. The molecule has 0 atom stereocenters. The van der Waals surface area contributed by atoms with E-state index in [-0.39, 0.29) is 0 Å². The first-order valence-corrected chi connectivity index (χ1v) is 3.91. The summed E-state index contributed by atoms with van der Waals surface area (Å²) in [6.07, 6.45) is 7.07. The molecule has 5 aliphatic rings. The van der Waals surface area contributed by atoms with E-state index in [0.717, 1.165) is 0 Å². The molecule has 0 fully saturated rings. The Balaban J connectivity index is 2.21. The molecule has 0 saturated heterocycles. The van der Waals surface area contributed by atoms with Crippen LogP contribution in [0, 0.1) is 0 Å². The van der Waals surface area contributed by atoms with Crippen LogP contribution in [0.1, 0.15) is 32.1 Å². The van der Waals surface area contributed by atoms with Crippen LogP contribution in [0.3, 0.4) is 0 Å². The maximum atomic E-state index is 1.77. The van der Waals surface area contributed by atoms with E-state index >= 15 is 0 Å². The monoisotopic (exact) mass is 118 g/mol. The molecule has 5 aliphatic carbocycles. The van der Waals surface area contributed by atoms with Gasteiger partial charge in [0.25, 0.3) is 0 Å². The zero-order chi connectivity index (χ0) is 5.84. The molecule has 0 aromatic carbocycles. The molecule has 0 heteroatoms. The molecule has 46 valence electrons. The highest BCUT2D eigenvalue weighted by molar-refractivity contribution is 5.66. The highest BCUT2D eigenvalue weighted by Crippen LogP contribution is 2.55. The molecule has 0 aromatic heterocycles. The molecule has 9 heavy (non-hydrogen) atoms. The van der Waals surface area contributed by atoms with Gasteiger partial charge in [-0.2, -0.15) is 0 Å². The largest absolute Gasteiger partial charge is 0.0451 e. The average Bonchev–Trinajstić information content (AvgIpc) is 2.48. The van der Waals surface area contributed by atoms with Gasteiger partial charge in [-0.1, -0.05) is 0 Å². The molecular weight excluding hydrogens is 108 g/mol. The summed E-state index contributed by atoms with van der Waals surface area (Å²) < 4.78 is 0. The van der Waals surface area contributed by atoms with E-state index in [2.05, 4.69) is 0 Å². The molecule has 0 spiro atoms. The number of hydrogen-bond donors (Lipinski definition) is 0. The third-order valence-corrected chi connectivity index (χ3v) is 2.94. The molecule has 0 unspecified atom stereocenters. The smallest absolute Gasteiger partial charge is 0.0232 e. The van der Waals surface area contributed by atoms with Crippen LogP contribution >= 0.6 is 0 Å². The Hall–Kier alpha value is -0.520. The minimum atomic E-state index is 1.40. The SMILES string of the molecule is C1CC2=C3CCC2=C3C1. The lowest BCUT2D eigenvalue weighted by molar-refractivity contribution is 0.736. The summed E-state index contributed by atoms with van der Waals surface area (Å²) in [7, 11) is 0. The van der Waals surface area contributed by atoms with Crippen molar-refractivity contribution in [2.45, 2.75) is 32.1 Å². The number of allylic oxidation sites excluding steroid dienone is 4. The molecule has 0 aliphatic heterocycles. The van der Waals surface area contributed by atoms with Gasteiger partial charge in [-0.25, -0.2) is 0 Å². The van der Waals surface area contributed by atoms with Crippen molar-refractivity contribution in [1.29, 1.82) is 0 Å². The van der Waals surface area contributed by atoms with Gasteiger partial charge in [0.15, 0.2) is 0 Å². The lowest BCUT2D eigenvalue weighted by Crippen LogP contribution is -2.09. The van der Waals surface area contributed by atoms with Crippen LogP contribution in [-0.2, 0) is 0 Å². The van der Waals surface area contributed by atoms with E-state index in [1.165, 1.54) is 32.1 Å². The van der Waals surface area contributed by atoms with Crippen molar-refractivity contribution in [2.75, 3.05) is 0 Å². The molecule has 0 nitrogen and oxygen atoms in total. The van der Waals surface area contributed by atoms with Gasteiger partial charge in [0, 0.05) is 0 Å². The Morgan fingerprint density at radius 2 is 1.00 bits per heavy atom. The molecule has 0 radical (unpaired) electrons. The van der Waals surface area contributed by atoms with E-state index in [1.54, 1.807) is 22.3 Å². The molecule has 4 bridgehead atoms. The molecule has 0 saturated carbocycles. The lowest BCUT2D eigenvalue weighted by Gasteiger charge is -2.28. The van der Waals surface area contributed by atoms with Gasteiger partial charge in [0.2, 0.25) is 0 Å². The van der Waals surface area contributed by atoms with Crippen molar-refractivity contribution in [3.63, 3.8) is 0 Å². The lowest BCUT2D eigenvalue weighted by atomic mass is 9.77. The standard InChI is InChI=1S/C9H10/c1-2-6-8-4-5-9(6)7(8)3-1/h1-5H2. The Bertz CT molecular complexity index is 196. The van der Waals surface area contributed by atoms with Crippen LogP contribution in [0.4, 0.5) is 0 Å².